The Morgan fingerprint density at radius 3 is 2.69 bits per heavy atom. The second-order valence-corrected chi connectivity index (χ2v) is 6.76. The van der Waals surface area contributed by atoms with E-state index in [9.17, 15) is 9.59 Å². The zero-order valence-corrected chi connectivity index (χ0v) is 16.8. The number of hydrazone groups is 1. The number of hydrogen-bond acceptors (Lipinski definition) is 4. The topological polar surface area (TPSA) is 88.4 Å². The molecule has 7 nitrogen and oxygen atoms in total. The van der Waals surface area contributed by atoms with Crippen molar-refractivity contribution in [2.45, 2.75) is 20.4 Å². The summed E-state index contributed by atoms with van der Waals surface area (Å²) < 4.78 is 2.01. The minimum Gasteiger partial charge on any atom is -0.344 e. The van der Waals surface area contributed by atoms with Gasteiger partial charge in [0.25, 0.3) is 0 Å². The number of halogens is 1. The lowest BCUT2D eigenvalue weighted by Gasteiger charge is -2.11. The summed E-state index contributed by atoms with van der Waals surface area (Å²) in [7, 11) is 0. The summed E-state index contributed by atoms with van der Waals surface area (Å²) in [5, 5.41) is 7.06. The number of amides is 2. The molecule has 148 valence electrons. The van der Waals surface area contributed by atoms with Gasteiger partial charge in [0.05, 0.1) is 16.9 Å². The highest BCUT2D eigenvalue weighted by Crippen LogP contribution is 2.25. The van der Waals surface area contributed by atoms with Crippen molar-refractivity contribution in [3.63, 3.8) is 0 Å². The van der Waals surface area contributed by atoms with Gasteiger partial charge in [0.2, 0.25) is 0 Å². The van der Waals surface area contributed by atoms with Gasteiger partial charge >= 0.3 is 11.8 Å². The molecule has 2 N–H and O–H groups in total. The van der Waals surface area contributed by atoms with E-state index in [0.29, 0.717) is 5.02 Å². The molecule has 0 fully saturated rings. The van der Waals surface area contributed by atoms with Crippen LogP contribution in [0.3, 0.4) is 0 Å². The Kier molecular flexibility index (Phi) is 6.41. The maximum absolute atomic E-state index is 11.9. The lowest BCUT2D eigenvalue weighted by Crippen LogP contribution is -2.37. The summed E-state index contributed by atoms with van der Waals surface area (Å²) in [6, 6.07) is 13.0. The minimum absolute atomic E-state index is 0.211. The monoisotopic (exact) mass is 409 g/mol. The van der Waals surface area contributed by atoms with Gasteiger partial charge in [-0.05, 0) is 43.7 Å². The van der Waals surface area contributed by atoms with Crippen molar-refractivity contribution in [1.29, 1.82) is 0 Å². The molecule has 0 saturated heterocycles. The van der Waals surface area contributed by atoms with Gasteiger partial charge in [-0.15, -0.1) is 0 Å². The van der Waals surface area contributed by atoms with Crippen LogP contribution in [0.2, 0.25) is 5.02 Å². The van der Waals surface area contributed by atoms with E-state index in [-0.39, 0.29) is 6.54 Å². The minimum atomic E-state index is -0.843. The van der Waals surface area contributed by atoms with Crippen LogP contribution >= 0.6 is 11.6 Å². The average Bonchev–Trinajstić information content (AvgIpc) is 3.00. The first kappa shape index (κ1) is 20.3. The van der Waals surface area contributed by atoms with Crippen molar-refractivity contribution < 1.29 is 9.59 Å². The Morgan fingerprint density at radius 1 is 1.17 bits per heavy atom. The zero-order chi connectivity index (χ0) is 20.8. The Hall–Kier alpha value is -3.45. The Labute approximate surface area is 173 Å². The number of carbonyl (C=O) groups is 2. The molecule has 1 aromatic carbocycles. The maximum Gasteiger partial charge on any atom is 0.329 e. The molecule has 0 saturated carbocycles. The molecule has 2 heterocycles. The summed E-state index contributed by atoms with van der Waals surface area (Å²) in [6.07, 6.45) is 4.75. The number of benzene rings is 1. The maximum atomic E-state index is 11.9. The predicted octanol–water partition coefficient (Wildman–Crippen LogP) is 2.91. The zero-order valence-electron chi connectivity index (χ0n) is 16.0. The first-order valence-corrected chi connectivity index (χ1v) is 9.29. The molecule has 0 bridgehead atoms. The molecule has 8 heteroatoms. The van der Waals surface area contributed by atoms with Gasteiger partial charge in [0.15, 0.2) is 0 Å². The molecule has 0 aliphatic rings. The van der Waals surface area contributed by atoms with Crippen LogP contribution in [0.15, 0.2) is 60.0 Å². The van der Waals surface area contributed by atoms with Crippen molar-refractivity contribution >= 4 is 29.6 Å². The largest absolute Gasteiger partial charge is 0.344 e. The molecule has 0 aliphatic heterocycles. The van der Waals surface area contributed by atoms with E-state index in [1.165, 1.54) is 6.21 Å². The number of rotatable bonds is 5. The van der Waals surface area contributed by atoms with Crippen LogP contribution in [-0.4, -0.2) is 27.6 Å². The Bertz CT molecular complexity index is 1060. The molecular weight excluding hydrogens is 390 g/mol. The van der Waals surface area contributed by atoms with Gasteiger partial charge in [0.1, 0.15) is 0 Å². The van der Waals surface area contributed by atoms with Gasteiger partial charge in [-0.3, -0.25) is 14.6 Å². The lowest BCUT2D eigenvalue weighted by molar-refractivity contribution is -0.139. The second kappa shape index (κ2) is 9.16. The van der Waals surface area contributed by atoms with Crippen LogP contribution in [0.4, 0.5) is 0 Å². The van der Waals surface area contributed by atoms with Crippen molar-refractivity contribution in [1.82, 2.24) is 20.3 Å². The summed E-state index contributed by atoms with van der Waals surface area (Å²) in [6.45, 7) is 4.10. The van der Waals surface area contributed by atoms with E-state index >= 15 is 0 Å². The summed E-state index contributed by atoms with van der Waals surface area (Å²) >= 11 is 6.31. The smallest absolute Gasteiger partial charge is 0.329 e. The third-order valence-electron chi connectivity index (χ3n) is 4.32. The fourth-order valence-electron chi connectivity index (χ4n) is 2.90. The summed E-state index contributed by atoms with van der Waals surface area (Å²) in [5.74, 6) is -1.61. The van der Waals surface area contributed by atoms with E-state index < -0.39 is 11.8 Å². The predicted molar refractivity (Wildman–Crippen MR) is 112 cm³/mol. The standard InChI is InChI=1S/C21H20ClN5O2/c1-14-10-17(15(2)27(14)19-8-4-3-7-18(19)22)13-25-26-21(29)20(28)24-12-16-6-5-9-23-11-16/h3-11,13H,12H2,1-2H3,(H,24,28)(H,26,29)/b25-13-. The van der Waals surface area contributed by atoms with E-state index in [1.54, 1.807) is 24.5 Å². The van der Waals surface area contributed by atoms with Crippen molar-refractivity contribution in [3.8, 4) is 5.69 Å². The van der Waals surface area contributed by atoms with Crippen LogP contribution in [-0.2, 0) is 16.1 Å². The Morgan fingerprint density at radius 2 is 1.97 bits per heavy atom. The molecule has 2 aromatic heterocycles. The number of carbonyl (C=O) groups excluding carboxylic acids is 2. The highest BCUT2D eigenvalue weighted by Gasteiger charge is 2.13. The first-order chi connectivity index (χ1) is 14.0. The molecular formula is C21H20ClN5O2. The van der Waals surface area contributed by atoms with E-state index in [0.717, 1.165) is 28.2 Å². The van der Waals surface area contributed by atoms with Crippen molar-refractivity contribution in [2.75, 3.05) is 0 Å². The van der Waals surface area contributed by atoms with E-state index in [2.05, 4.69) is 20.8 Å². The van der Waals surface area contributed by atoms with Crippen LogP contribution < -0.4 is 10.7 Å². The summed E-state index contributed by atoms with van der Waals surface area (Å²) in [4.78, 5) is 27.7. The molecule has 29 heavy (non-hydrogen) atoms. The van der Waals surface area contributed by atoms with Crippen LogP contribution in [0.25, 0.3) is 5.69 Å². The highest BCUT2D eigenvalue weighted by atomic mass is 35.5. The molecule has 2 amide bonds. The van der Waals surface area contributed by atoms with Gasteiger partial charge in [0, 0.05) is 35.9 Å². The van der Waals surface area contributed by atoms with Gasteiger partial charge in [-0.1, -0.05) is 29.8 Å². The number of nitrogens with one attached hydrogen (secondary N) is 2. The Balaban J connectivity index is 1.63. The van der Waals surface area contributed by atoms with E-state index in [4.69, 9.17) is 11.6 Å². The third-order valence-corrected chi connectivity index (χ3v) is 4.64. The normalized spacial score (nSPS) is 10.9. The summed E-state index contributed by atoms with van der Waals surface area (Å²) in [5.41, 5.74) is 6.59. The number of nitrogens with zero attached hydrogens (tertiary/aromatic N) is 3. The molecule has 0 atom stereocenters. The number of hydrogen-bond donors (Lipinski definition) is 2. The number of pyridine rings is 1. The first-order valence-electron chi connectivity index (χ1n) is 8.91. The van der Waals surface area contributed by atoms with Crippen LogP contribution in [0, 0.1) is 13.8 Å². The molecule has 0 radical (unpaired) electrons. The fraction of sp³-hybridized carbons (Fsp3) is 0.143. The van der Waals surface area contributed by atoms with E-state index in [1.807, 2.05) is 48.7 Å². The van der Waals surface area contributed by atoms with Gasteiger partial charge < -0.3 is 9.88 Å². The average molecular weight is 410 g/mol. The molecule has 3 aromatic rings. The van der Waals surface area contributed by atoms with Crippen LogP contribution in [0.1, 0.15) is 22.5 Å². The van der Waals surface area contributed by atoms with Crippen LogP contribution in [0.5, 0.6) is 0 Å². The highest BCUT2D eigenvalue weighted by molar-refractivity contribution is 6.35. The fourth-order valence-corrected chi connectivity index (χ4v) is 3.12. The quantitative estimate of drug-likeness (QED) is 0.386. The number of aromatic nitrogens is 2. The SMILES string of the molecule is Cc1cc(/C=N\NC(=O)C(=O)NCc2cccnc2)c(C)n1-c1ccccc1Cl. The molecule has 0 aliphatic carbocycles. The molecule has 0 unspecified atom stereocenters. The van der Waals surface area contributed by atoms with Gasteiger partial charge in [-0.2, -0.15) is 5.10 Å². The second-order valence-electron chi connectivity index (χ2n) is 6.36. The molecule has 0 spiro atoms. The van der Waals surface area contributed by atoms with Gasteiger partial charge in [-0.25, -0.2) is 5.43 Å². The van der Waals surface area contributed by atoms with Crippen molar-refractivity contribution in [3.05, 3.63) is 82.4 Å². The number of aryl methyl sites for hydroxylation is 1. The molecule has 3 rings (SSSR count). The van der Waals surface area contributed by atoms with Crippen molar-refractivity contribution in [2.24, 2.45) is 5.10 Å². The lowest BCUT2D eigenvalue weighted by atomic mass is 10.2. The third kappa shape index (κ3) is 4.89. The number of para-hydroxylation sites is 1.